The molecule has 0 spiro atoms. The summed E-state index contributed by atoms with van der Waals surface area (Å²) >= 11 is 0. The van der Waals surface area contributed by atoms with Gasteiger partial charge in [0.1, 0.15) is 6.04 Å². The van der Waals surface area contributed by atoms with E-state index in [1.54, 1.807) is 6.92 Å². The van der Waals surface area contributed by atoms with Crippen molar-refractivity contribution >= 4 is 11.9 Å². The third-order valence-corrected chi connectivity index (χ3v) is 1.51. The molecule has 4 N–H and O–H groups in total. The molecule has 0 saturated heterocycles. The minimum Gasteiger partial charge on any atom is -0.480 e. The number of aliphatic carboxylic acids is 1. The van der Waals surface area contributed by atoms with E-state index in [0.717, 1.165) is 0 Å². The third kappa shape index (κ3) is 3.34. The number of carbonyl (C=O) groups is 2. The van der Waals surface area contributed by atoms with Gasteiger partial charge in [0.05, 0.1) is 6.04 Å². The highest BCUT2D eigenvalue weighted by Crippen LogP contribution is 1.88. The largest absolute Gasteiger partial charge is 0.480 e. The highest BCUT2D eigenvalue weighted by molar-refractivity contribution is 5.86. The smallest absolute Gasteiger partial charge is 0.325 e. The Morgan fingerprint density at radius 3 is 2.42 bits per heavy atom. The summed E-state index contributed by atoms with van der Waals surface area (Å²) in [6, 6.07) is -1.50. The second-order valence-electron chi connectivity index (χ2n) is 2.58. The maximum atomic E-state index is 11.0. The molecule has 0 aliphatic rings. The average molecular weight is 174 g/mol. The summed E-state index contributed by atoms with van der Waals surface area (Å²) in [7, 11) is 0. The lowest BCUT2D eigenvalue weighted by atomic mass is 10.2. The normalized spacial score (nSPS) is 14.9. The molecule has 5 heteroatoms. The maximum absolute atomic E-state index is 11.0. The second kappa shape index (κ2) is 4.71. The predicted octanol–water partition coefficient (Wildman–Crippen LogP) is -0.687. The number of carboxylic acids is 1. The van der Waals surface area contributed by atoms with E-state index in [4.69, 9.17) is 10.8 Å². The molecule has 0 aromatic carbocycles. The van der Waals surface area contributed by atoms with E-state index in [1.807, 2.05) is 0 Å². The Labute approximate surface area is 70.9 Å². The minimum atomic E-state index is -1.06. The number of nitrogens with two attached hydrogens (primary N) is 1. The Morgan fingerprint density at radius 2 is 2.08 bits per heavy atom. The molecule has 0 rings (SSSR count). The molecule has 0 aromatic heterocycles. The first-order valence-electron chi connectivity index (χ1n) is 3.77. The highest BCUT2D eigenvalue weighted by atomic mass is 16.4. The van der Waals surface area contributed by atoms with Crippen LogP contribution in [-0.4, -0.2) is 29.1 Å². The summed E-state index contributed by atoms with van der Waals surface area (Å²) in [5.41, 5.74) is 5.36. The molecule has 0 fully saturated rings. The molecule has 5 nitrogen and oxygen atoms in total. The molecule has 2 atom stereocenters. The second-order valence-corrected chi connectivity index (χ2v) is 2.58. The van der Waals surface area contributed by atoms with Gasteiger partial charge in [-0.05, 0) is 13.3 Å². The van der Waals surface area contributed by atoms with Crippen molar-refractivity contribution in [1.29, 1.82) is 0 Å². The van der Waals surface area contributed by atoms with Crippen LogP contribution in [-0.2, 0) is 9.59 Å². The molecule has 0 aliphatic heterocycles. The van der Waals surface area contributed by atoms with Gasteiger partial charge in [0.15, 0.2) is 0 Å². The Hall–Kier alpha value is -1.10. The first-order valence-corrected chi connectivity index (χ1v) is 3.77. The van der Waals surface area contributed by atoms with Crippen LogP contribution in [0.25, 0.3) is 0 Å². The Bertz CT molecular complexity index is 181. The van der Waals surface area contributed by atoms with Crippen LogP contribution in [0.2, 0.25) is 0 Å². The Kier molecular flexibility index (Phi) is 4.28. The standard InChI is InChI=1S/C7H14N2O3/c1-3-5(8)6(10)9-4(2)7(11)12/h4-5H,3,8H2,1-2H3,(H,9,10)(H,11,12)/t4-,5?/m0/s1. The number of amides is 1. The van der Waals surface area contributed by atoms with Crippen molar-refractivity contribution in [3.63, 3.8) is 0 Å². The quantitative estimate of drug-likeness (QED) is 0.526. The number of carbonyl (C=O) groups excluding carboxylic acids is 1. The van der Waals surface area contributed by atoms with Crippen LogP contribution in [0.15, 0.2) is 0 Å². The number of rotatable bonds is 4. The van der Waals surface area contributed by atoms with Gasteiger partial charge >= 0.3 is 5.97 Å². The average Bonchev–Trinajstić information content (AvgIpc) is 2.02. The van der Waals surface area contributed by atoms with E-state index < -0.39 is 24.0 Å². The third-order valence-electron chi connectivity index (χ3n) is 1.51. The van der Waals surface area contributed by atoms with Crippen LogP contribution in [0.3, 0.4) is 0 Å². The lowest BCUT2D eigenvalue weighted by Gasteiger charge is -2.12. The summed E-state index contributed by atoms with van der Waals surface area (Å²) in [4.78, 5) is 21.3. The van der Waals surface area contributed by atoms with Crippen molar-refractivity contribution in [3.05, 3.63) is 0 Å². The van der Waals surface area contributed by atoms with E-state index in [0.29, 0.717) is 6.42 Å². The molecule has 0 saturated carbocycles. The van der Waals surface area contributed by atoms with Crippen LogP contribution in [0.1, 0.15) is 20.3 Å². The van der Waals surface area contributed by atoms with Crippen LogP contribution in [0.4, 0.5) is 0 Å². The molecule has 0 aliphatic carbocycles. The zero-order valence-electron chi connectivity index (χ0n) is 7.20. The zero-order chi connectivity index (χ0) is 9.72. The maximum Gasteiger partial charge on any atom is 0.325 e. The van der Waals surface area contributed by atoms with Gasteiger partial charge < -0.3 is 16.2 Å². The van der Waals surface area contributed by atoms with E-state index >= 15 is 0 Å². The van der Waals surface area contributed by atoms with Crippen LogP contribution in [0.5, 0.6) is 0 Å². The van der Waals surface area contributed by atoms with Crippen molar-refractivity contribution in [1.82, 2.24) is 5.32 Å². The monoisotopic (exact) mass is 174 g/mol. The van der Waals surface area contributed by atoms with Gasteiger partial charge in [-0.3, -0.25) is 9.59 Å². The highest BCUT2D eigenvalue weighted by Gasteiger charge is 2.17. The number of hydrogen-bond donors (Lipinski definition) is 3. The van der Waals surface area contributed by atoms with Gasteiger partial charge in [0.25, 0.3) is 0 Å². The number of carboxylic acid groups (broad SMARTS) is 1. The summed E-state index contributed by atoms with van der Waals surface area (Å²) in [5, 5.41) is 10.7. The van der Waals surface area contributed by atoms with Crippen molar-refractivity contribution < 1.29 is 14.7 Å². The van der Waals surface area contributed by atoms with Crippen LogP contribution >= 0.6 is 0 Å². The minimum absolute atomic E-state index is 0.424. The molecule has 70 valence electrons. The fraction of sp³-hybridized carbons (Fsp3) is 0.714. The molecule has 0 heterocycles. The van der Waals surface area contributed by atoms with Gasteiger partial charge in [-0.1, -0.05) is 6.92 Å². The van der Waals surface area contributed by atoms with Gasteiger partial charge in [-0.25, -0.2) is 0 Å². The topological polar surface area (TPSA) is 92.4 Å². The van der Waals surface area contributed by atoms with E-state index in [-0.39, 0.29) is 0 Å². The molecule has 0 bridgehead atoms. The number of nitrogens with one attached hydrogen (secondary N) is 1. The van der Waals surface area contributed by atoms with Crippen LogP contribution < -0.4 is 11.1 Å². The molecule has 0 aromatic rings. The first kappa shape index (κ1) is 10.9. The first-order chi connectivity index (χ1) is 5.49. The SMILES string of the molecule is CCC(N)C(=O)N[C@@H](C)C(=O)O. The van der Waals surface area contributed by atoms with Crippen molar-refractivity contribution in [3.8, 4) is 0 Å². The molecule has 1 amide bonds. The lowest BCUT2D eigenvalue weighted by Crippen LogP contribution is -2.46. The summed E-state index contributed by atoms with van der Waals surface area (Å²) in [6.07, 6.45) is 0.498. The summed E-state index contributed by atoms with van der Waals surface area (Å²) < 4.78 is 0. The molecular weight excluding hydrogens is 160 g/mol. The van der Waals surface area contributed by atoms with E-state index in [9.17, 15) is 9.59 Å². The van der Waals surface area contributed by atoms with Crippen molar-refractivity contribution in [2.75, 3.05) is 0 Å². The number of hydrogen-bond acceptors (Lipinski definition) is 3. The molecule has 12 heavy (non-hydrogen) atoms. The van der Waals surface area contributed by atoms with Crippen molar-refractivity contribution in [2.45, 2.75) is 32.4 Å². The molecule has 0 radical (unpaired) electrons. The van der Waals surface area contributed by atoms with E-state index in [2.05, 4.69) is 5.32 Å². The van der Waals surface area contributed by atoms with Gasteiger partial charge in [0.2, 0.25) is 5.91 Å². The van der Waals surface area contributed by atoms with Gasteiger partial charge in [0, 0.05) is 0 Å². The fourth-order valence-electron chi connectivity index (χ4n) is 0.568. The summed E-state index contributed by atoms with van der Waals surface area (Å²) in [5.74, 6) is -1.49. The summed E-state index contributed by atoms with van der Waals surface area (Å²) in [6.45, 7) is 3.15. The van der Waals surface area contributed by atoms with Gasteiger partial charge in [-0.2, -0.15) is 0 Å². The molecular formula is C7H14N2O3. The fourth-order valence-corrected chi connectivity index (χ4v) is 0.568. The predicted molar refractivity (Wildman–Crippen MR) is 43.5 cm³/mol. The van der Waals surface area contributed by atoms with Gasteiger partial charge in [-0.15, -0.1) is 0 Å². The Morgan fingerprint density at radius 1 is 1.58 bits per heavy atom. The lowest BCUT2D eigenvalue weighted by molar-refractivity contribution is -0.141. The Balaban J connectivity index is 3.92. The van der Waals surface area contributed by atoms with Crippen molar-refractivity contribution in [2.24, 2.45) is 5.73 Å². The molecule has 1 unspecified atom stereocenters. The zero-order valence-corrected chi connectivity index (χ0v) is 7.20. The van der Waals surface area contributed by atoms with E-state index in [1.165, 1.54) is 6.92 Å². The van der Waals surface area contributed by atoms with Crippen LogP contribution in [0, 0.1) is 0 Å².